The summed E-state index contributed by atoms with van der Waals surface area (Å²) in [5.74, 6) is 2.54. The highest BCUT2D eigenvalue weighted by Crippen LogP contribution is 2.32. The predicted molar refractivity (Wildman–Crippen MR) is 391 cm³/mol. The molecule has 9 aromatic rings. The molecule has 20 heteroatoms. The first-order valence-electron chi connectivity index (χ1n) is 35.5. The van der Waals surface area contributed by atoms with Crippen molar-refractivity contribution in [1.82, 2.24) is 60.0 Å². The Morgan fingerprint density at radius 3 is 1.32 bits per heavy atom. The molecule has 0 spiro atoms. The first-order chi connectivity index (χ1) is 46.0. The van der Waals surface area contributed by atoms with Crippen molar-refractivity contribution in [3.8, 4) is 0 Å². The van der Waals surface area contributed by atoms with E-state index in [0.29, 0.717) is 53.7 Å². The van der Waals surface area contributed by atoms with Crippen LogP contribution in [0.25, 0.3) is 32.7 Å². The minimum Gasteiger partial charge on any atom is -0.420 e. The molecule has 6 aromatic heterocycles. The molecule has 0 bridgehead atoms. The molecular formula is C76H107N15O4S. The van der Waals surface area contributed by atoms with Crippen LogP contribution in [0, 0.1) is 17.8 Å². The summed E-state index contributed by atoms with van der Waals surface area (Å²) in [6.45, 7) is 38.0. The molecule has 0 radical (unpaired) electrons. The fourth-order valence-corrected chi connectivity index (χ4v) is 15.0. The number of aromatic nitrogens is 9. The number of Topliss-reactive ketones (excluding diaryl/α,β-unsaturated/α-hetero) is 3. The fraction of sp³-hybridized carbons (Fsp3) is 0.553. The van der Waals surface area contributed by atoms with Crippen molar-refractivity contribution >= 4 is 78.5 Å². The van der Waals surface area contributed by atoms with Gasteiger partial charge in [-0.1, -0.05) is 106 Å². The van der Waals surface area contributed by atoms with Crippen LogP contribution in [-0.4, -0.2) is 173 Å². The van der Waals surface area contributed by atoms with E-state index >= 15 is 0 Å². The van der Waals surface area contributed by atoms with E-state index in [1.54, 1.807) is 6.20 Å². The number of carbonyl (C=O) groups is 3. The molecule has 96 heavy (non-hydrogen) atoms. The second-order valence-corrected chi connectivity index (χ2v) is 30.8. The number of hydrogen-bond donors (Lipinski definition) is 4. The third-order valence-corrected chi connectivity index (χ3v) is 20.8. The summed E-state index contributed by atoms with van der Waals surface area (Å²) in [6.07, 6.45) is 18.3. The van der Waals surface area contributed by atoms with Gasteiger partial charge in [-0.05, 0) is 153 Å². The number of fused-ring (bicyclic) bond motifs is 3. The van der Waals surface area contributed by atoms with E-state index in [4.69, 9.17) is 4.42 Å². The smallest absolute Gasteiger partial charge is 0.297 e. The Kier molecular flexibility index (Phi) is 23.9. The highest BCUT2D eigenvalue weighted by atomic mass is 32.1. The van der Waals surface area contributed by atoms with Gasteiger partial charge in [-0.2, -0.15) is 4.98 Å². The van der Waals surface area contributed by atoms with Crippen LogP contribution in [0.5, 0.6) is 0 Å². The molecule has 3 unspecified atom stereocenters. The van der Waals surface area contributed by atoms with Crippen molar-refractivity contribution in [3.63, 3.8) is 0 Å². The van der Waals surface area contributed by atoms with Crippen LogP contribution in [0.3, 0.4) is 0 Å². The van der Waals surface area contributed by atoms with Crippen LogP contribution in [0.2, 0.25) is 0 Å². The van der Waals surface area contributed by atoms with Gasteiger partial charge in [0.05, 0.1) is 6.20 Å². The Hall–Kier alpha value is -7.52. The van der Waals surface area contributed by atoms with Gasteiger partial charge >= 0.3 is 0 Å². The van der Waals surface area contributed by atoms with Gasteiger partial charge < -0.3 is 34.1 Å². The molecule has 3 aliphatic rings. The number of nitrogens with zero attached hydrogens (tertiary/aromatic N) is 11. The number of hydrogen-bond acceptors (Lipinski definition) is 16. The number of oxazole rings is 1. The van der Waals surface area contributed by atoms with Crippen molar-refractivity contribution in [3.05, 3.63) is 131 Å². The SMILES string of the molecule is CCCC(CC(=O)c1cnc(N2CCN(C(C)(C)C)CC2)o1)Cc1c[nH]c2ccccc12.CCCC(CC(=O)c1nc(N2CCN(C(C)(C)C)CC2)n[nH]1)Cc1c[nH]c2ccccc12.CCCC(CC(=O)c1nnc(N2CCN(C(C)(C)C)CC2)s1)Cc1c[nH]c2ccccc12. The zero-order valence-electron chi connectivity index (χ0n) is 59.4. The van der Waals surface area contributed by atoms with Crippen molar-refractivity contribution in [2.75, 3.05) is 93.2 Å². The van der Waals surface area contributed by atoms with Crippen LogP contribution in [0.4, 0.5) is 17.1 Å². The molecule has 0 saturated carbocycles. The standard InChI is InChI=1S/C26H36N4O2.C25H36N6O.C25H35N5OS/c1-5-8-19(15-20-17-27-22-10-7-6-9-21(20)22)16-23(31)24-18-28-25(32-24)29-11-13-30(14-12-29)26(2,3)4;1-5-8-18(15-19-17-26-21-10-7-6-9-20(19)21)16-22(32)23-27-24(29-28-23)30-11-13-31(14-12-30)25(2,3)4;1-5-8-18(15-19-17-26-21-10-7-6-9-20(19)21)16-22(31)23-27-28-24(32-23)29-11-13-30(14-12-29)25(2,3)4/h6-7,9-10,17-19,27H,5,8,11-16H2,1-4H3;6-7,9-10,17-18,26H,5,8,11-16H2,1-4H3,(H,27,28,29);6-7,9-10,17-18,26H,5,8,11-16H2,1-4H3. The van der Waals surface area contributed by atoms with E-state index in [1.807, 2.05) is 18.2 Å². The van der Waals surface area contributed by atoms with E-state index in [9.17, 15) is 14.4 Å². The maximum atomic E-state index is 13.1. The van der Waals surface area contributed by atoms with Gasteiger partial charge in [-0.3, -0.25) is 34.2 Å². The van der Waals surface area contributed by atoms with Gasteiger partial charge in [-0.25, -0.2) is 4.98 Å². The van der Waals surface area contributed by atoms with Crippen molar-refractivity contribution in [1.29, 1.82) is 0 Å². The predicted octanol–water partition coefficient (Wildman–Crippen LogP) is 14.9. The van der Waals surface area contributed by atoms with Gasteiger partial charge in [0.15, 0.2) is 33.9 Å². The quantitative estimate of drug-likeness (QED) is 0.0415. The normalized spacial score (nSPS) is 16.6. The first kappa shape index (κ1) is 71.3. The number of carbonyl (C=O) groups excluding carboxylic acids is 3. The number of aromatic amines is 4. The average molecular weight is 1330 g/mol. The van der Waals surface area contributed by atoms with Gasteiger partial charge in [-0.15, -0.1) is 15.3 Å². The van der Waals surface area contributed by atoms with Crippen LogP contribution in [-0.2, 0) is 19.3 Å². The maximum Gasteiger partial charge on any atom is 0.297 e. The zero-order chi connectivity index (χ0) is 68.2. The minimum atomic E-state index is 0.0513. The number of H-pyrrole nitrogens is 4. The molecule has 0 amide bonds. The maximum absolute atomic E-state index is 13.1. The number of ketones is 3. The summed E-state index contributed by atoms with van der Waals surface area (Å²) >= 11 is 1.46. The van der Waals surface area contributed by atoms with E-state index in [-0.39, 0.29) is 45.8 Å². The molecule has 0 aliphatic carbocycles. The van der Waals surface area contributed by atoms with Gasteiger partial charge in [0.25, 0.3) is 6.01 Å². The Labute approximate surface area is 573 Å². The molecular weight excluding hydrogens is 1220 g/mol. The third kappa shape index (κ3) is 18.6. The highest BCUT2D eigenvalue weighted by Gasteiger charge is 2.32. The Morgan fingerprint density at radius 2 is 0.896 bits per heavy atom. The molecule has 3 saturated heterocycles. The number of anilines is 3. The van der Waals surface area contributed by atoms with Crippen LogP contribution < -0.4 is 14.7 Å². The number of piperazine rings is 3. The lowest BCUT2D eigenvalue weighted by Gasteiger charge is -2.42. The van der Waals surface area contributed by atoms with Crippen LogP contribution in [0.15, 0.2) is 102 Å². The van der Waals surface area contributed by atoms with Gasteiger partial charge in [0, 0.05) is 166 Å². The van der Waals surface area contributed by atoms with Crippen molar-refractivity contribution < 1.29 is 18.8 Å². The summed E-state index contributed by atoms with van der Waals surface area (Å²) in [5, 5.41) is 21.1. The summed E-state index contributed by atoms with van der Waals surface area (Å²) in [6, 6.07) is 25.6. The summed E-state index contributed by atoms with van der Waals surface area (Å²) in [5.41, 5.74) is 7.84. The zero-order valence-corrected chi connectivity index (χ0v) is 60.2. The highest BCUT2D eigenvalue weighted by molar-refractivity contribution is 7.17. The lowest BCUT2D eigenvalue weighted by molar-refractivity contribution is 0.0927. The van der Waals surface area contributed by atoms with Gasteiger partial charge in [0.2, 0.25) is 11.1 Å². The van der Waals surface area contributed by atoms with E-state index < -0.39 is 0 Å². The molecule has 3 fully saturated rings. The molecule has 3 atom stereocenters. The summed E-state index contributed by atoms with van der Waals surface area (Å²) in [4.78, 5) is 72.2. The van der Waals surface area contributed by atoms with Crippen LogP contribution >= 0.6 is 11.3 Å². The topological polar surface area (TPSA) is 211 Å². The molecule has 3 aromatic carbocycles. The van der Waals surface area contributed by atoms with E-state index in [1.165, 1.54) is 44.2 Å². The lowest BCUT2D eigenvalue weighted by Crippen LogP contribution is -2.53. The summed E-state index contributed by atoms with van der Waals surface area (Å²) < 4.78 is 5.93. The Bertz CT molecular complexity index is 3520. The number of nitrogens with one attached hydrogen (secondary N) is 4. The second kappa shape index (κ2) is 32.2. The first-order valence-corrected chi connectivity index (χ1v) is 36.3. The monoisotopic (exact) mass is 1330 g/mol. The van der Waals surface area contributed by atoms with Crippen molar-refractivity contribution in [2.45, 2.75) is 177 Å². The Balaban J connectivity index is 0.000000157. The Morgan fingerprint density at radius 1 is 0.500 bits per heavy atom. The average Bonchev–Trinajstić information content (AvgIpc) is 1.71. The second-order valence-electron chi connectivity index (χ2n) is 29.9. The minimum absolute atomic E-state index is 0.0513. The third-order valence-electron chi connectivity index (χ3n) is 19.7. The molecule has 19 nitrogen and oxygen atoms in total. The largest absolute Gasteiger partial charge is 0.420 e. The van der Waals surface area contributed by atoms with Gasteiger partial charge in [0.1, 0.15) is 0 Å². The lowest BCUT2D eigenvalue weighted by atomic mass is 9.90. The fourth-order valence-electron chi connectivity index (χ4n) is 14.2. The molecule has 3 aliphatic heterocycles. The summed E-state index contributed by atoms with van der Waals surface area (Å²) in [7, 11) is 0. The van der Waals surface area contributed by atoms with Crippen LogP contribution in [0.1, 0.15) is 189 Å². The van der Waals surface area contributed by atoms with Crippen molar-refractivity contribution in [2.24, 2.45) is 17.8 Å². The molecule has 9 heterocycles. The number of para-hydroxylation sites is 3. The van der Waals surface area contributed by atoms with E-state index in [0.717, 1.165) is 158 Å². The molecule has 12 rings (SSSR count). The molecule has 516 valence electrons. The number of benzene rings is 3. The van der Waals surface area contributed by atoms with E-state index in [2.05, 4.69) is 231 Å². The molecule has 4 N–H and O–H groups in total. The number of rotatable bonds is 24.